The van der Waals surface area contributed by atoms with Crippen LogP contribution in [-0.4, -0.2) is 30.5 Å². The van der Waals surface area contributed by atoms with Gasteiger partial charge in [-0.3, -0.25) is 14.4 Å². The molecule has 8 nitrogen and oxygen atoms in total. The fourth-order valence-electron chi connectivity index (χ4n) is 3.53. The van der Waals surface area contributed by atoms with Crippen LogP contribution >= 0.6 is 15.9 Å². The molecule has 0 aliphatic rings. The van der Waals surface area contributed by atoms with Crippen LogP contribution in [0.4, 0.5) is 11.4 Å². The highest BCUT2D eigenvalue weighted by Crippen LogP contribution is 2.22. The van der Waals surface area contributed by atoms with Crippen LogP contribution in [0.25, 0.3) is 0 Å². The number of nitrogens with one attached hydrogen (secondary N) is 3. The van der Waals surface area contributed by atoms with Crippen molar-refractivity contribution in [1.29, 1.82) is 0 Å². The molecular formula is C27H27BrN4O4. The molecule has 0 radical (unpaired) electrons. The Hall–Kier alpha value is -3.98. The van der Waals surface area contributed by atoms with Gasteiger partial charge in [0, 0.05) is 21.4 Å². The molecule has 0 saturated heterocycles. The number of benzene rings is 3. The SMILES string of the molecule is Cc1cc(C)cc(NC(=O)COc2ccc(Br)cc2/C=N\NC(=O)C(=O)Nc2c(C)cccc2C)c1. The molecule has 0 bridgehead atoms. The van der Waals surface area contributed by atoms with E-state index in [1.54, 1.807) is 18.2 Å². The van der Waals surface area contributed by atoms with Gasteiger partial charge in [0.15, 0.2) is 6.61 Å². The lowest BCUT2D eigenvalue weighted by atomic mass is 10.1. The molecule has 186 valence electrons. The minimum atomic E-state index is -0.917. The predicted molar refractivity (Wildman–Crippen MR) is 144 cm³/mol. The average molecular weight is 551 g/mol. The minimum Gasteiger partial charge on any atom is -0.483 e. The first kappa shape index (κ1) is 26.6. The molecule has 0 aliphatic carbocycles. The smallest absolute Gasteiger partial charge is 0.329 e. The normalized spacial score (nSPS) is 10.7. The van der Waals surface area contributed by atoms with Gasteiger partial charge < -0.3 is 15.4 Å². The van der Waals surface area contributed by atoms with Crippen molar-refractivity contribution in [3.8, 4) is 5.75 Å². The topological polar surface area (TPSA) is 109 Å². The Balaban J connectivity index is 1.60. The Morgan fingerprint density at radius 1 is 0.889 bits per heavy atom. The Labute approximate surface area is 218 Å². The lowest BCUT2D eigenvalue weighted by Gasteiger charge is -2.11. The zero-order valence-corrected chi connectivity index (χ0v) is 22.0. The Morgan fingerprint density at radius 2 is 1.56 bits per heavy atom. The first-order valence-corrected chi connectivity index (χ1v) is 11.9. The third kappa shape index (κ3) is 7.51. The van der Waals surface area contributed by atoms with Crippen LogP contribution in [0, 0.1) is 27.7 Å². The Kier molecular flexibility index (Phi) is 8.97. The highest BCUT2D eigenvalue weighted by atomic mass is 79.9. The molecule has 0 saturated carbocycles. The summed E-state index contributed by atoms with van der Waals surface area (Å²) in [5.41, 5.74) is 7.77. The van der Waals surface area contributed by atoms with E-state index in [-0.39, 0.29) is 12.5 Å². The number of aryl methyl sites for hydroxylation is 4. The molecule has 3 N–H and O–H groups in total. The molecule has 36 heavy (non-hydrogen) atoms. The van der Waals surface area contributed by atoms with Crippen molar-refractivity contribution in [2.45, 2.75) is 27.7 Å². The number of hydrogen-bond acceptors (Lipinski definition) is 5. The second-order valence-corrected chi connectivity index (χ2v) is 9.23. The van der Waals surface area contributed by atoms with E-state index >= 15 is 0 Å². The largest absolute Gasteiger partial charge is 0.483 e. The van der Waals surface area contributed by atoms with Gasteiger partial charge in [-0.05, 0) is 80.3 Å². The van der Waals surface area contributed by atoms with Crippen molar-refractivity contribution in [2.75, 3.05) is 17.2 Å². The summed E-state index contributed by atoms with van der Waals surface area (Å²) in [6, 6.07) is 16.5. The van der Waals surface area contributed by atoms with Gasteiger partial charge >= 0.3 is 11.8 Å². The van der Waals surface area contributed by atoms with Crippen LogP contribution in [0.2, 0.25) is 0 Å². The standard InChI is InChI=1S/C27H27BrN4O4/c1-16-10-17(2)12-22(11-16)30-24(33)15-36-23-9-8-21(28)13-20(23)14-29-32-27(35)26(34)31-25-18(3)6-5-7-19(25)4/h5-14H,15H2,1-4H3,(H,30,33)(H,31,34)(H,32,35)/b29-14-. The van der Waals surface area contributed by atoms with Crippen molar-refractivity contribution in [2.24, 2.45) is 5.10 Å². The zero-order valence-electron chi connectivity index (χ0n) is 20.4. The summed E-state index contributed by atoms with van der Waals surface area (Å²) < 4.78 is 6.43. The Bertz CT molecular complexity index is 1300. The van der Waals surface area contributed by atoms with Crippen molar-refractivity contribution in [3.63, 3.8) is 0 Å². The molecular weight excluding hydrogens is 524 g/mol. The number of amides is 3. The number of carbonyl (C=O) groups is 3. The second kappa shape index (κ2) is 12.1. The van der Waals surface area contributed by atoms with E-state index in [2.05, 4.69) is 37.1 Å². The van der Waals surface area contributed by atoms with Crippen molar-refractivity contribution < 1.29 is 19.1 Å². The molecule has 0 unspecified atom stereocenters. The van der Waals surface area contributed by atoms with Crippen LogP contribution < -0.4 is 20.8 Å². The number of halogens is 1. The van der Waals surface area contributed by atoms with Gasteiger partial charge in [-0.25, -0.2) is 5.43 Å². The lowest BCUT2D eigenvalue weighted by Crippen LogP contribution is -2.32. The number of ether oxygens (including phenoxy) is 1. The fraction of sp³-hybridized carbons (Fsp3) is 0.185. The highest BCUT2D eigenvalue weighted by molar-refractivity contribution is 9.10. The molecule has 3 rings (SSSR count). The van der Waals surface area contributed by atoms with Crippen molar-refractivity contribution >= 4 is 51.2 Å². The minimum absolute atomic E-state index is 0.222. The molecule has 3 aromatic rings. The fourth-order valence-corrected chi connectivity index (χ4v) is 3.91. The van der Waals surface area contributed by atoms with Crippen LogP contribution in [0.15, 0.2) is 64.2 Å². The van der Waals surface area contributed by atoms with Gasteiger partial charge in [0.05, 0.1) is 6.21 Å². The van der Waals surface area contributed by atoms with E-state index in [4.69, 9.17) is 4.74 Å². The number of nitrogens with zero attached hydrogens (tertiary/aromatic N) is 1. The lowest BCUT2D eigenvalue weighted by molar-refractivity contribution is -0.136. The monoisotopic (exact) mass is 550 g/mol. The summed E-state index contributed by atoms with van der Waals surface area (Å²) in [4.78, 5) is 36.9. The van der Waals surface area contributed by atoms with E-state index in [9.17, 15) is 14.4 Å². The highest BCUT2D eigenvalue weighted by Gasteiger charge is 2.15. The average Bonchev–Trinajstić information content (AvgIpc) is 2.80. The maximum Gasteiger partial charge on any atom is 0.329 e. The van der Waals surface area contributed by atoms with Crippen LogP contribution in [0.5, 0.6) is 5.75 Å². The number of para-hydroxylation sites is 1. The van der Waals surface area contributed by atoms with Gasteiger partial charge in [0.25, 0.3) is 5.91 Å². The maximum atomic E-state index is 12.4. The predicted octanol–water partition coefficient (Wildman–Crippen LogP) is 4.79. The van der Waals surface area contributed by atoms with Gasteiger partial charge in [0.2, 0.25) is 0 Å². The van der Waals surface area contributed by atoms with E-state index in [1.165, 1.54) is 6.21 Å². The molecule has 0 heterocycles. The van der Waals surface area contributed by atoms with Crippen LogP contribution in [0.1, 0.15) is 27.8 Å². The summed E-state index contributed by atoms with van der Waals surface area (Å²) in [5, 5.41) is 9.30. The molecule has 0 spiro atoms. The summed E-state index contributed by atoms with van der Waals surface area (Å²) in [6.07, 6.45) is 1.34. The molecule has 0 atom stereocenters. The zero-order chi connectivity index (χ0) is 26.2. The number of carbonyl (C=O) groups excluding carboxylic acids is 3. The molecule has 0 aliphatic heterocycles. The summed E-state index contributed by atoms with van der Waals surface area (Å²) >= 11 is 3.38. The first-order chi connectivity index (χ1) is 17.1. The van der Waals surface area contributed by atoms with Gasteiger partial charge in [-0.15, -0.1) is 0 Å². The number of hydrogen-bond donors (Lipinski definition) is 3. The number of rotatable bonds is 7. The quantitative estimate of drug-likeness (QED) is 0.223. The van der Waals surface area contributed by atoms with Gasteiger partial charge in [-0.1, -0.05) is 40.2 Å². The first-order valence-electron chi connectivity index (χ1n) is 11.1. The van der Waals surface area contributed by atoms with Crippen molar-refractivity contribution in [1.82, 2.24) is 5.43 Å². The number of anilines is 2. The third-order valence-electron chi connectivity index (χ3n) is 5.13. The van der Waals surface area contributed by atoms with Gasteiger partial charge in [-0.2, -0.15) is 5.10 Å². The van der Waals surface area contributed by atoms with Crippen molar-refractivity contribution in [3.05, 3.63) is 86.9 Å². The van der Waals surface area contributed by atoms with Gasteiger partial charge in [0.1, 0.15) is 5.75 Å². The third-order valence-corrected chi connectivity index (χ3v) is 5.62. The molecule has 9 heteroatoms. The van der Waals surface area contributed by atoms with E-state index in [0.717, 1.165) is 26.7 Å². The summed E-state index contributed by atoms with van der Waals surface area (Å²) in [6.45, 7) is 7.38. The van der Waals surface area contributed by atoms with E-state index in [0.29, 0.717) is 22.7 Å². The van der Waals surface area contributed by atoms with Crippen LogP contribution in [-0.2, 0) is 14.4 Å². The number of hydrazone groups is 1. The van der Waals surface area contributed by atoms with Crippen LogP contribution in [0.3, 0.4) is 0 Å². The van der Waals surface area contributed by atoms with E-state index < -0.39 is 11.8 Å². The molecule has 0 aromatic heterocycles. The molecule has 0 fully saturated rings. The van der Waals surface area contributed by atoms with E-state index in [1.807, 2.05) is 64.1 Å². The molecule has 3 amide bonds. The maximum absolute atomic E-state index is 12.4. The summed E-state index contributed by atoms with van der Waals surface area (Å²) in [5.74, 6) is -1.69. The summed E-state index contributed by atoms with van der Waals surface area (Å²) in [7, 11) is 0. The Morgan fingerprint density at radius 3 is 2.22 bits per heavy atom. The molecule has 3 aromatic carbocycles. The second-order valence-electron chi connectivity index (χ2n) is 8.32.